The van der Waals surface area contributed by atoms with Crippen molar-refractivity contribution in [3.8, 4) is 0 Å². The Labute approximate surface area is 104 Å². The molecule has 0 spiro atoms. The first-order valence-corrected chi connectivity index (χ1v) is 8.11. The minimum Gasteiger partial charge on any atom is -0.297 e. The van der Waals surface area contributed by atoms with Crippen LogP contribution in [-0.4, -0.2) is 23.6 Å². The summed E-state index contributed by atoms with van der Waals surface area (Å²) in [7, 11) is -3.51. The van der Waals surface area contributed by atoms with E-state index in [4.69, 9.17) is 11.6 Å². The SMILES string of the molecule is O=C(C1CCCCC1)C(Br)S(=O)(=O)CCl. The summed E-state index contributed by atoms with van der Waals surface area (Å²) in [5.41, 5.74) is 0. The second-order valence-corrected chi connectivity index (χ2v) is 8.02. The zero-order chi connectivity index (χ0) is 11.5. The van der Waals surface area contributed by atoms with Crippen molar-refractivity contribution >= 4 is 43.2 Å². The number of hydrogen-bond donors (Lipinski definition) is 0. The molecule has 0 bridgehead atoms. The monoisotopic (exact) mass is 316 g/mol. The van der Waals surface area contributed by atoms with Crippen LogP contribution in [0.15, 0.2) is 0 Å². The van der Waals surface area contributed by atoms with Gasteiger partial charge in [-0.3, -0.25) is 4.79 Å². The number of rotatable bonds is 4. The van der Waals surface area contributed by atoms with Gasteiger partial charge in [0.1, 0.15) is 5.21 Å². The minimum atomic E-state index is -3.51. The summed E-state index contributed by atoms with van der Waals surface area (Å²) in [6.07, 6.45) is 4.77. The van der Waals surface area contributed by atoms with E-state index in [9.17, 15) is 13.2 Å². The van der Waals surface area contributed by atoms with Gasteiger partial charge in [0.15, 0.2) is 19.8 Å². The molecule has 0 aromatic rings. The van der Waals surface area contributed by atoms with Crippen LogP contribution >= 0.6 is 27.5 Å². The van der Waals surface area contributed by atoms with Crippen LogP contribution < -0.4 is 0 Å². The lowest BCUT2D eigenvalue weighted by atomic mass is 9.87. The van der Waals surface area contributed by atoms with Gasteiger partial charge < -0.3 is 0 Å². The molecule has 1 rings (SSSR count). The predicted octanol–water partition coefficient (Wildman–Crippen LogP) is 2.47. The summed E-state index contributed by atoms with van der Waals surface area (Å²) in [5, 5.41) is -0.513. The Bertz CT molecular complexity index is 322. The van der Waals surface area contributed by atoms with E-state index >= 15 is 0 Å². The number of hydrogen-bond acceptors (Lipinski definition) is 3. The van der Waals surface area contributed by atoms with Crippen molar-refractivity contribution in [3.05, 3.63) is 0 Å². The molecule has 0 aliphatic heterocycles. The van der Waals surface area contributed by atoms with E-state index in [0.717, 1.165) is 32.1 Å². The molecular formula is C9H14BrClO3S. The number of carbonyl (C=O) groups is 1. The molecular weight excluding hydrogens is 304 g/mol. The predicted molar refractivity (Wildman–Crippen MR) is 63.9 cm³/mol. The van der Waals surface area contributed by atoms with Gasteiger partial charge in [0.2, 0.25) is 0 Å². The Morgan fingerprint density at radius 2 is 1.87 bits per heavy atom. The number of alkyl halides is 2. The second kappa shape index (κ2) is 5.64. The lowest BCUT2D eigenvalue weighted by molar-refractivity contribution is -0.121. The molecule has 0 aromatic heterocycles. The number of ketones is 1. The Hall–Kier alpha value is 0.390. The highest BCUT2D eigenvalue weighted by Gasteiger charge is 2.34. The van der Waals surface area contributed by atoms with Crippen LogP contribution in [0, 0.1) is 5.92 Å². The molecule has 1 atom stereocenters. The second-order valence-electron chi connectivity index (χ2n) is 3.83. The maximum atomic E-state index is 11.8. The van der Waals surface area contributed by atoms with Crippen LogP contribution in [-0.2, 0) is 14.6 Å². The standard InChI is InChI=1S/C9H14BrClO3S/c10-9(15(13,14)6-11)8(12)7-4-2-1-3-5-7/h7,9H,1-6H2. The third-order valence-corrected chi connectivity index (χ3v) is 6.94. The van der Waals surface area contributed by atoms with Crippen molar-refractivity contribution < 1.29 is 13.2 Å². The average Bonchev–Trinajstić information content (AvgIpc) is 2.28. The number of Topliss-reactive ketones (excluding diaryl/α,β-unsaturated/α-hetero) is 1. The van der Waals surface area contributed by atoms with Crippen LogP contribution in [0.3, 0.4) is 0 Å². The quantitative estimate of drug-likeness (QED) is 0.748. The van der Waals surface area contributed by atoms with Crippen LogP contribution in [0.25, 0.3) is 0 Å². The van der Waals surface area contributed by atoms with Crippen molar-refractivity contribution in [2.75, 3.05) is 5.21 Å². The summed E-state index contributed by atoms with van der Waals surface area (Å²) in [5.74, 6) is -0.337. The van der Waals surface area contributed by atoms with Crippen LogP contribution in [0.2, 0.25) is 0 Å². The lowest BCUT2D eigenvalue weighted by Crippen LogP contribution is -2.32. The van der Waals surface area contributed by atoms with Gasteiger partial charge in [0.05, 0.1) is 0 Å². The highest BCUT2D eigenvalue weighted by Crippen LogP contribution is 2.28. The van der Waals surface area contributed by atoms with E-state index in [1.807, 2.05) is 0 Å². The summed E-state index contributed by atoms with van der Waals surface area (Å²) in [6, 6.07) is 0. The molecule has 6 heteroatoms. The first-order valence-electron chi connectivity index (χ1n) is 4.94. The molecule has 88 valence electrons. The summed E-state index contributed by atoms with van der Waals surface area (Å²) in [4.78, 5) is 11.8. The van der Waals surface area contributed by atoms with Gasteiger partial charge in [-0.25, -0.2) is 8.42 Å². The fourth-order valence-electron chi connectivity index (χ4n) is 1.80. The van der Waals surface area contributed by atoms with E-state index < -0.39 is 19.2 Å². The first kappa shape index (κ1) is 13.5. The molecule has 1 fully saturated rings. The lowest BCUT2D eigenvalue weighted by Gasteiger charge is -2.22. The number of sulfone groups is 1. The summed E-state index contributed by atoms with van der Waals surface area (Å²) in [6.45, 7) is 0. The molecule has 15 heavy (non-hydrogen) atoms. The maximum absolute atomic E-state index is 11.8. The third kappa shape index (κ3) is 3.43. The Morgan fingerprint density at radius 1 is 1.33 bits per heavy atom. The van der Waals surface area contributed by atoms with Crippen molar-refractivity contribution in [1.29, 1.82) is 0 Å². The van der Waals surface area contributed by atoms with E-state index in [-0.39, 0.29) is 11.7 Å². The molecule has 1 unspecified atom stereocenters. The van der Waals surface area contributed by atoms with Crippen molar-refractivity contribution in [2.45, 2.75) is 36.3 Å². The van der Waals surface area contributed by atoms with Gasteiger partial charge in [-0.2, -0.15) is 0 Å². The van der Waals surface area contributed by atoms with Crippen LogP contribution in [0.4, 0.5) is 0 Å². The Balaban J connectivity index is 2.67. The topological polar surface area (TPSA) is 51.2 Å². The normalized spacial score (nSPS) is 21.2. The van der Waals surface area contributed by atoms with E-state index in [2.05, 4.69) is 15.9 Å². The third-order valence-electron chi connectivity index (χ3n) is 2.70. The molecule has 0 heterocycles. The first-order chi connectivity index (χ1) is 6.99. The molecule has 0 amide bonds. The molecule has 1 aliphatic carbocycles. The molecule has 3 nitrogen and oxygen atoms in total. The van der Waals surface area contributed by atoms with E-state index in [0.29, 0.717) is 0 Å². The Kier molecular flexibility index (Phi) is 5.06. The van der Waals surface area contributed by atoms with Gasteiger partial charge in [-0.05, 0) is 12.8 Å². The van der Waals surface area contributed by atoms with E-state index in [1.165, 1.54) is 0 Å². The molecule has 0 aromatic carbocycles. The highest BCUT2D eigenvalue weighted by molar-refractivity contribution is 9.11. The molecule has 0 radical (unpaired) electrons. The largest absolute Gasteiger partial charge is 0.297 e. The van der Waals surface area contributed by atoms with E-state index in [1.54, 1.807) is 0 Å². The molecule has 1 aliphatic rings. The molecule has 0 saturated heterocycles. The number of halogens is 2. The van der Waals surface area contributed by atoms with Gasteiger partial charge >= 0.3 is 0 Å². The number of carbonyl (C=O) groups excluding carboxylic acids is 1. The van der Waals surface area contributed by atoms with Crippen molar-refractivity contribution in [3.63, 3.8) is 0 Å². The average molecular weight is 318 g/mol. The van der Waals surface area contributed by atoms with Crippen molar-refractivity contribution in [1.82, 2.24) is 0 Å². The minimum absolute atomic E-state index is 0.110. The fraction of sp³-hybridized carbons (Fsp3) is 0.889. The van der Waals surface area contributed by atoms with Gasteiger partial charge in [0.25, 0.3) is 0 Å². The van der Waals surface area contributed by atoms with Gasteiger partial charge in [0, 0.05) is 5.92 Å². The highest BCUT2D eigenvalue weighted by atomic mass is 79.9. The van der Waals surface area contributed by atoms with Gasteiger partial charge in [-0.15, -0.1) is 11.6 Å². The maximum Gasteiger partial charge on any atom is 0.184 e. The molecule has 1 saturated carbocycles. The Morgan fingerprint density at radius 3 is 2.33 bits per heavy atom. The summed E-state index contributed by atoms with van der Waals surface area (Å²) < 4.78 is 21.6. The zero-order valence-electron chi connectivity index (χ0n) is 8.29. The van der Waals surface area contributed by atoms with Crippen LogP contribution in [0.1, 0.15) is 32.1 Å². The fourth-order valence-corrected chi connectivity index (χ4v) is 4.07. The smallest absolute Gasteiger partial charge is 0.184 e. The zero-order valence-corrected chi connectivity index (χ0v) is 11.4. The molecule has 0 N–H and O–H groups in total. The summed E-state index contributed by atoms with van der Waals surface area (Å²) >= 11 is 8.24. The van der Waals surface area contributed by atoms with Gasteiger partial charge in [-0.1, -0.05) is 35.2 Å². The van der Waals surface area contributed by atoms with Crippen LogP contribution in [0.5, 0.6) is 0 Å². The van der Waals surface area contributed by atoms with Crippen molar-refractivity contribution in [2.24, 2.45) is 5.92 Å².